The summed E-state index contributed by atoms with van der Waals surface area (Å²) < 4.78 is 4.94. The summed E-state index contributed by atoms with van der Waals surface area (Å²) in [6, 6.07) is 14.5. The highest BCUT2D eigenvalue weighted by molar-refractivity contribution is 5.89. The Labute approximate surface area is 220 Å². The molecule has 1 aromatic heterocycles. The number of rotatable bonds is 4. The topological polar surface area (TPSA) is 93.2 Å². The first-order valence-electron chi connectivity index (χ1n) is 12.9. The van der Waals surface area contributed by atoms with Gasteiger partial charge in [0, 0.05) is 42.3 Å². The molecule has 3 N–H and O–H groups in total. The molecule has 2 aromatic carbocycles. The summed E-state index contributed by atoms with van der Waals surface area (Å²) >= 11 is 0. The first kappa shape index (κ1) is 22.9. The largest absolute Gasteiger partial charge is 0.469 e. The Balaban J connectivity index is 1.28. The van der Waals surface area contributed by atoms with E-state index in [1.165, 1.54) is 7.11 Å². The van der Waals surface area contributed by atoms with Gasteiger partial charge in [-0.05, 0) is 48.1 Å². The molecule has 1 saturated heterocycles. The number of hydrogen-bond donors (Lipinski definition) is 3. The van der Waals surface area contributed by atoms with Crippen LogP contribution < -0.4 is 31.2 Å². The van der Waals surface area contributed by atoms with Crippen LogP contribution in [0.4, 0.5) is 22.9 Å². The van der Waals surface area contributed by atoms with E-state index in [2.05, 4.69) is 76.1 Å². The van der Waals surface area contributed by atoms with Crippen molar-refractivity contribution in [1.82, 2.24) is 15.4 Å². The van der Waals surface area contributed by atoms with Gasteiger partial charge in [-0.15, -0.1) is 0 Å². The van der Waals surface area contributed by atoms with Crippen LogP contribution in [0.5, 0.6) is 0 Å². The van der Waals surface area contributed by atoms with Gasteiger partial charge in [0.15, 0.2) is 0 Å². The van der Waals surface area contributed by atoms with Crippen LogP contribution in [0.15, 0.2) is 48.7 Å². The predicted octanol–water partition coefficient (Wildman–Crippen LogP) is 1.56. The van der Waals surface area contributed by atoms with Crippen molar-refractivity contribution >= 4 is 40.7 Å². The summed E-state index contributed by atoms with van der Waals surface area (Å²) in [5.41, 5.74) is 13.5. The number of carbonyl (C=O) groups excluding carboxylic acids is 1. The first-order valence-corrected chi connectivity index (χ1v) is 12.9. The van der Waals surface area contributed by atoms with Crippen LogP contribution in [0.2, 0.25) is 0 Å². The Morgan fingerprint density at radius 2 is 1.97 bits per heavy atom. The Morgan fingerprint density at radius 3 is 2.68 bits per heavy atom. The van der Waals surface area contributed by atoms with Gasteiger partial charge in [-0.25, -0.2) is 4.98 Å². The molecular formula is C29H30N6O3. The van der Waals surface area contributed by atoms with Crippen molar-refractivity contribution in [1.29, 1.82) is 0 Å². The van der Waals surface area contributed by atoms with Gasteiger partial charge in [0.05, 0.1) is 48.6 Å². The molecule has 0 bridgehead atoms. The molecule has 2 fully saturated rings. The number of aliphatic hydroxyl groups excluding tert-OH is 1. The molecule has 7 rings (SSSR count). The summed E-state index contributed by atoms with van der Waals surface area (Å²) in [7, 11) is 3.53. The summed E-state index contributed by atoms with van der Waals surface area (Å²) in [5.74, 6) is 1.61. The number of piperidine rings is 1. The average molecular weight is 511 g/mol. The second kappa shape index (κ2) is 8.39. The van der Waals surface area contributed by atoms with Crippen molar-refractivity contribution in [3.8, 4) is 0 Å². The van der Waals surface area contributed by atoms with Gasteiger partial charge in [0.1, 0.15) is 5.82 Å². The van der Waals surface area contributed by atoms with Crippen molar-refractivity contribution in [2.75, 3.05) is 42.6 Å². The van der Waals surface area contributed by atoms with E-state index in [4.69, 9.17) is 9.72 Å². The van der Waals surface area contributed by atoms with Crippen molar-refractivity contribution in [2.45, 2.75) is 13.5 Å². The molecule has 2 unspecified atom stereocenters. The van der Waals surface area contributed by atoms with Crippen LogP contribution >= 0.6 is 0 Å². The number of aliphatic hydroxyl groups is 1. The number of hydrazine groups is 2. The average Bonchev–Trinajstić information content (AvgIpc) is 3.31. The number of esters is 1. The van der Waals surface area contributed by atoms with Crippen LogP contribution in [0.25, 0.3) is 11.9 Å². The van der Waals surface area contributed by atoms with Crippen molar-refractivity contribution in [3.05, 3.63) is 75.8 Å². The maximum atomic E-state index is 11.9. The number of fused-ring (bicyclic) bond motifs is 3. The number of pyridine rings is 1. The number of ether oxygens (including phenoxy) is 1. The Hall–Kier alpha value is -4.24. The molecule has 2 atom stereocenters. The number of anilines is 4. The molecule has 3 aromatic rings. The van der Waals surface area contributed by atoms with Gasteiger partial charge in [0.25, 0.3) is 0 Å². The van der Waals surface area contributed by atoms with Crippen LogP contribution in [-0.4, -0.2) is 48.3 Å². The van der Waals surface area contributed by atoms with Crippen LogP contribution in [0.3, 0.4) is 0 Å². The molecular weight excluding hydrogens is 480 g/mol. The minimum atomic E-state index is -0.0865. The lowest BCUT2D eigenvalue weighted by Gasteiger charge is -2.30. The number of nitrogens with zero attached hydrogens (tertiary/aromatic N) is 4. The summed E-state index contributed by atoms with van der Waals surface area (Å²) in [5, 5.41) is 16.6. The minimum Gasteiger partial charge on any atom is -0.469 e. The molecule has 3 aliphatic heterocycles. The summed E-state index contributed by atoms with van der Waals surface area (Å²) in [6.07, 6.45) is 3.90. The van der Waals surface area contributed by atoms with E-state index in [9.17, 15) is 9.90 Å². The molecule has 194 valence electrons. The smallest absolute Gasteiger partial charge is 0.309 e. The third kappa shape index (κ3) is 3.21. The maximum absolute atomic E-state index is 11.9. The van der Waals surface area contributed by atoms with Gasteiger partial charge < -0.3 is 25.6 Å². The van der Waals surface area contributed by atoms with Crippen molar-refractivity contribution in [3.63, 3.8) is 0 Å². The third-order valence-corrected chi connectivity index (χ3v) is 8.56. The van der Waals surface area contributed by atoms with Gasteiger partial charge >= 0.3 is 5.97 Å². The van der Waals surface area contributed by atoms with Gasteiger partial charge in [-0.1, -0.05) is 24.3 Å². The zero-order valence-corrected chi connectivity index (χ0v) is 21.6. The molecule has 1 aliphatic carbocycles. The molecule has 4 aliphatic rings. The second-order valence-corrected chi connectivity index (χ2v) is 10.4. The number of nitrogens with one attached hydrogen (secondary N) is 2. The predicted molar refractivity (Wildman–Crippen MR) is 145 cm³/mol. The van der Waals surface area contributed by atoms with Crippen molar-refractivity contribution in [2.24, 2.45) is 17.8 Å². The summed E-state index contributed by atoms with van der Waals surface area (Å²) in [6.45, 7) is 3.71. The molecule has 4 heterocycles. The van der Waals surface area contributed by atoms with Crippen LogP contribution in [0.1, 0.15) is 16.7 Å². The molecule has 0 amide bonds. The lowest BCUT2D eigenvalue weighted by Crippen LogP contribution is -2.36. The van der Waals surface area contributed by atoms with E-state index in [0.29, 0.717) is 11.8 Å². The van der Waals surface area contributed by atoms with E-state index in [0.717, 1.165) is 68.8 Å². The first-order chi connectivity index (χ1) is 18.5. The number of hydrogen-bond acceptors (Lipinski definition) is 9. The van der Waals surface area contributed by atoms with E-state index in [-0.39, 0.29) is 18.5 Å². The number of methoxy groups -OCH3 is 1. The van der Waals surface area contributed by atoms with Crippen LogP contribution in [0, 0.1) is 24.7 Å². The molecule has 38 heavy (non-hydrogen) atoms. The van der Waals surface area contributed by atoms with E-state index < -0.39 is 0 Å². The molecule has 1 saturated carbocycles. The minimum absolute atomic E-state index is 0.0184. The standard InChI is InChI=1S/C29H30N6O3/c1-16-17(15-36)7-9-20-27(16)35(33(2)28(20)19-5-4-6-24-21(19)12-31-32-24)18-8-10-25(30-11-18)34-13-22-23(14-34)26(22)29(37)38-3/h4-12,22-23,26,31-32,36H,13-15H2,1-3H3. The molecule has 9 nitrogen and oxygen atoms in total. The quantitative estimate of drug-likeness (QED) is 0.452. The third-order valence-electron chi connectivity index (χ3n) is 8.56. The lowest BCUT2D eigenvalue weighted by atomic mass is 9.99. The fourth-order valence-electron chi connectivity index (χ4n) is 6.54. The normalized spacial score (nSPS) is 23.8. The van der Waals surface area contributed by atoms with E-state index in [1.807, 2.05) is 18.5 Å². The van der Waals surface area contributed by atoms with Gasteiger partial charge in [-0.2, -0.15) is 0 Å². The monoisotopic (exact) mass is 510 g/mol. The fraction of sp³-hybridized carbons (Fsp3) is 0.310. The maximum Gasteiger partial charge on any atom is 0.309 e. The zero-order valence-electron chi connectivity index (χ0n) is 21.6. The SMILES string of the molecule is COC(=O)C1C2CN(c3ccc(N4c5c(ccc(CO)c5C)C(=c5cccc6c5=CNN6)N4C)cn3)CC21. The summed E-state index contributed by atoms with van der Waals surface area (Å²) in [4.78, 5) is 19.0. The number of benzene rings is 2. The number of carbonyl (C=O) groups is 1. The number of aromatic nitrogens is 1. The molecule has 0 radical (unpaired) electrons. The fourth-order valence-corrected chi connectivity index (χ4v) is 6.54. The van der Waals surface area contributed by atoms with E-state index >= 15 is 0 Å². The van der Waals surface area contributed by atoms with Crippen LogP contribution in [-0.2, 0) is 16.1 Å². The van der Waals surface area contributed by atoms with E-state index in [1.54, 1.807) is 0 Å². The Morgan fingerprint density at radius 1 is 1.16 bits per heavy atom. The Bertz CT molecular complexity index is 1580. The highest BCUT2D eigenvalue weighted by Crippen LogP contribution is 2.53. The molecule has 0 spiro atoms. The van der Waals surface area contributed by atoms with Gasteiger partial charge in [-0.3, -0.25) is 14.8 Å². The van der Waals surface area contributed by atoms with Crippen molar-refractivity contribution < 1.29 is 14.6 Å². The highest BCUT2D eigenvalue weighted by Gasteiger charge is 2.60. The molecule has 9 heteroatoms. The Kier molecular flexibility index (Phi) is 5.06. The highest BCUT2D eigenvalue weighted by atomic mass is 16.5. The van der Waals surface area contributed by atoms with Gasteiger partial charge in [0.2, 0.25) is 0 Å². The lowest BCUT2D eigenvalue weighted by molar-refractivity contribution is -0.142. The second-order valence-electron chi connectivity index (χ2n) is 10.4. The zero-order chi connectivity index (χ0) is 26.1.